The van der Waals surface area contributed by atoms with E-state index in [1.807, 2.05) is 30.3 Å². The number of carbonyl (C=O) groups is 1. The minimum Gasteiger partial charge on any atom is -0.326 e. The van der Waals surface area contributed by atoms with Gasteiger partial charge in [-0.1, -0.05) is 37.3 Å². The third-order valence-corrected chi connectivity index (χ3v) is 3.73. The van der Waals surface area contributed by atoms with Crippen LogP contribution in [0.3, 0.4) is 0 Å². The first-order chi connectivity index (χ1) is 11.6. The molecule has 0 atom stereocenters. The van der Waals surface area contributed by atoms with Crippen molar-refractivity contribution in [2.75, 3.05) is 11.9 Å². The van der Waals surface area contributed by atoms with Gasteiger partial charge < -0.3 is 5.32 Å². The van der Waals surface area contributed by atoms with Crippen LogP contribution in [-0.2, 0) is 17.9 Å². The topological polar surface area (TPSA) is 56.1 Å². The molecule has 0 radical (unpaired) electrons. The first-order valence-corrected chi connectivity index (χ1v) is 8.19. The van der Waals surface area contributed by atoms with Crippen molar-refractivity contribution in [3.63, 3.8) is 0 Å². The Balaban J connectivity index is 2.23. The van der Waals surface area contributed by atoms with Gasteiger partial charge in [0.2, 0.25) is 5.91 Å². The van der Waals surface area contributed by atoms with Crippen molar-refractivity contribution in [1.82, 2.24) is 4.90 Å². The molecule has 0 heterocycles. The zero-order valence-corrected chi connectivity index (χ0v) is 14.2. The molecule has 2 aromatic rings. The molecule has 0 saturated carbocycles. The van der Waals surface area contributed by atoms with Gasteiger partial charge in [-0.2, -0.15) is 5.26 Å². The number of nitriles is 1. The molecule has 0 aliphatic carbocycles. The Morgan fingerprint density at radius 2 is 1.92 bits per heavy atom. The van der Waals surface area contributed by atoms with Gasteiger partial charge in [-0.25, -0.2) is 0 Å². The maximum Gasteiger partial charge on any atom is 0.221 e. The molecule has 4 nitrogen and oxygen atoms in total. The molecule has 2 rings (SSSR count). The second kappa shape index (κ2) is 8.85. The van der Waals surface area contributed by atoms with Gasteiger partial charge >= 0.3 is 0 Å². The zero-order valence-electron chi connectivity index (χ0n) is 14.2. The van der Waals surface area contributed by atoms with E-state index in [0.29, 0.717) is 12.1 Å². The summed E-state index contributed by atoms with van der Waals surface area (Å²) in [5.74, 6) is -0.106. The van der Waals surface area contributed by atoms with Crippen LogP contribution in [0.25, 0.3) is 0 Å². The molecule has 124 valence electrons. The Hall–Kier alpha value is -2.64. The summed E-state index contributed by atoms with van der Waals surface area (Å²) < 4.78 is 0. The fourth-order valence-electron chi connectivity index (χ4n) is 2.72. The third kappa shape index (κ3) is 5.22. The molecule has 1 N–H and O–H groups in total. The van der Waals surface area contributed by atoms with Crippen LogP contribution in [0.4, 0.5) is 5.69 Å². The van der Waals surface area contributed by atoms with Crippen LogP contribution in [0, 0.1) is 11.3 Å². The second-order valence-corrected chi connectivity index (χ2v) is 5.86. The van der Waals surface area contributed by atoms with Crippen LogP contribution < -0.4 is 5.32 Å². The maximum atomic E-state index is 11.4. The van der Waals surface area contributed by atoms with E-state index in [1.54, 1.807) is 6.07 Å². The van der Waals surface area contributed by atoms with E-state index in [-0.39, 0.29) is 5.91 Å². The van der Waals surface area contributed by atoms with Crippen molar-refractivity contribution in [3.8, 4) is 6.07 Å². The van der Waals surface area contributed by atoms with E-state index in [1.165, 1.54) is 12.5 Å². The van der Waals surface area contributed by atoms with Gasteiger partial charge in [0.1, 0.15) is 0 Å². The largest absolute Gasteiger partial charge is 0.326 e. The van der Waals surface area contributed by atoms with Gasteiger partial charge in [-0.3, -0.25) is 9.69 Å². The second-order valence-electron chi connectivity index (χ2n) is 5.86. The van der Waals surface area contributed by atoms with Crippen LogP contribution >= 0.6 is 0 Å². The van der Waals surface area contributed by atoms with Crippen LogP contribution in [-0.4, -0.2) is 17.4 Å². The molecule has 0 spiro atoms. The lowest BCUT2D eigenvalue weighted by atomic mass is 10.1. The highest BCUT2D eigenvalue weighted by Crippen LogP contribution is 2.21. The molecule has 24 heavy (non-hydrogen) atoms. The van der Waals surface area contributed by atoms with Gasteiger partial charge in [0.15, 0.2) is 0 Å². The lowest BCUT2D eigenvalue weighted by Gasteiger charge is -2.23. The summed E-state index contributed by atoms with van der Waals surface area (Å²) in [7, 11) is 0. The van der Waals surface area contributed by atoms with Gasteiger partial charge in [0, 0.05) is 25.7 Å². The number of hydrogen-bond donors (Lipinski definition) is 1. The summed E-state index contributed by atoms with van der Waals surface area (Å²) in [6, 6.07) is 17.9. The highest BCUT2D eigenvalue weighted by atomic mass is 16.1. The van der Waals surface area contributed by atoms with Crippen molar-refractivity contribution in [3.05, 3.63) is 65.2 Å². The normalized spacial score (nSPS) is 10.4. The Labute approximate surface area is 143 Å². The van der Waals surface area contributed by atoms with Gasteiger partial charge in [0.25, 0.3) is 0 Å². The fraction of sp³-hybridized carbons (Fsp3) is 0.300. The monoisotopic (exact) mass is 321 g/mol. The quantitative estimate of drug-likeness (QED) is 0.840. The van der Waals surface area contributed by atoms with Crippen molar-refractivity contribution in [1.29, 1.82) is 5.26 Å². The molecule has 0 aliphatic rings. The smallest absolute Gasteiger partial charge is 0.221 e. The number of hydrogen-bond acceptors (Lipinski definition) is 3. The number of nitrogens with zero attached hydrogens (tertiary/aromatic N) is 2. The summed E-state index contributed by atoms with van der Waals surface area (Å²) in [5, 5.41) is 12.0. The van der Waals surface area contributed by atoms with Gasteiger partial charge in [-0.05, 0) is 42.3 Å². The summed E-state index contributed by atoms with van der Waals surface area (Å²) in [6.07, 6.45) is 1.04. The summed E-state index contributed by atoms with van der Waals surface area (Å²) in [4.78, 5) is 13.8. The van der Waals surface area contributed by atoms with Crippen LogP contribution in [0.15, 0.2) is 48.5 Å². The first-order valence-electron chi connectivity index (χ1n) is 8.19. The average molecular weight is 321 g/mol. The first kappa shape index (κ1) is 17.7. The van der Waals surface area contributed by atoms with Gasteiger partial charge in [0.05, 0.1) is 11.6 Å². The highest BCUT2D eigenvalue weighted by molar-refractivity contribution is 5.89. The summed E-state index contributed by atoms with van der Waals surface area (Å²) in [6.45, 7) is 6.12. The molecular formula is C20H23N3O. The minimum absolute atomic E-state index is 0.106. The Kier molecular flexibility index (Phi) is 6.53. The standard InChI is InChI=1S/C20H23N3O/c1-3-11-23(14-17-7-5-4-6-8-17)15-19-12-18(13-21)9-10-20(19)22-16(2)24/h4-10,12H,3,11,14-15H2,1-2H3,(H,22,24). The number of benzene rings is 2. The summed E-state index contributed by atoms with van der Waals surface area (Å²) >= 11 is 0. The van der Waals surface area contributed by atoms with E-state index in [9.17, 15) is 4.79 Å². The molecule has 0 saturated heterocycles. The highest BCUT2D eigenvalue weighted by Gasteiger charge is 2.11. The van der Waals surface area contributed by atoms with E-state index in [2.05, 4.69) is 35.3 Å². The number of carbonyl (C=O) groups excluding carboxylic acids is 1. The molecule has 0 fully saturated rings. The molecule has 0 bridgehead atoms. The number of nitrogens with one attached hydrogen (secondary N) is 1. The van der Waals surface area contributed by atoms with Crippen molar-refractivity contribution < 1.29 is 4.79 Å². The SMILES string of the molecule is CCCN(Cc1ccccc1)Cc1cc(C#N)ccc1NC(C)=O. The van der Waals surface area contributed by atoms with Gasteiger partial charge in [-0.15, -0.1) is 0 Å². The molecule has 1 amide bonds. The molecule has 0 aliphatic heterocycles. The third-order valence-electron chi connectivity index (χ3n) is 3.73. The Morgan fingerprint density at radius 1 is 1.17 bits per heavy atom. The molecule has 0 unspecified atom stereocenters. The lowest BCUT2D eigenvalue weighted by molar-refractivity contribution is -0.114. The molecule has 2 aromatic carbocycles. The van der Waals surface area contributed by atoms with E-state index in [0.717, 1.165) is 30.8 Å². The molecular weight excluding hydrogens is 298 g/mol. The predicted molar refractivity (Wildman–Crippen MR) is 96.3 cm³/mol. The zero-order chi connectivity index (χ0) is 17.4. The average Bonchev–Trinajstić information content (AvgIpc) is 2.57. The number of rotatable bonds is 7. The maximum absolute atomic E-state index is 11.4. The van der Waals surface area contributed by atoms with Crippen LogP contribution in [0.2, 0.25) is 0 Å². The summed E-state index contributed by atoms with van der Waals surface area (Å²) in [5.41, 5.74) is 3.60. The predicted octanol–water partition coefficient (Wildman–Crippen LogP) is 3.93. The van der Waals surface area contributed by atoms with Crippen molar-refractivity contribution in [2.45, 2.75) is 33.4 Å². The fourth-order valence-corrected chi connectivity index (χ4v) is 2.72. The van der Waals surface area contributed by atoms with E-state index in [4.69, 9.17) is 5.26 Å². The lowest BCUT2D eigenvalue weighted by Crippen LogP contribution is -2.24. The van der Waals surface area contributed by atoms with E-state index < -0.39 is 0 Å². The number of amides is 1. The molecule has 0 aromatic heterocycles. The number of anilines is 1. The molecule has 4 heteroatoms. The Morgan fingerprint density at radius 3 is 2.54 bits per heavy atom. The Bertz CT molecular complexity index is 719. The van der Waals surface area contributed by atoms with Crippen molar-refractivity contribution in [2.24, 2.45) is 0 Å². The van der Waals surface area contributed by atoms with Crippen LogP contribution in [0.1, 0.15) is 37.0 Å². The van der Waals surface area contributed by atoms with Crippen LogP contribution in [0.5, 0.6) is 0 Å². The van der Waals surface area contributed by atoms with E-state index >= 15 is 0 Å². The minimum atomic E-state index is -0.106. The van der Waals surface area contributed by atoms with Crippen molar-refractivity contribution >= 4 is 11.6 Å².